The van der Waals surface area contributed by atoms with Crippen molar-refractivity contribution in [3.8, 4) is 0 Å². The zero-order chi connectivity index (χ0) is 17.2. The van der Waals surface area contributed by atoms with Gasteiger partial charge in [-0.25, -0.2) is 15.0 Å². The SMILES string of the molecule is Cc1ncc(C(=O)N2CCC(Cc3cnc4[nH]ccc4c3)CC2)cn1. The number of hydrogen-bond donors (Lipinski definition) is 1. The van der Waals surface area contributed by atoms with Crippen LogP contribution in [0.3, 0.4) is 0 Å². The van der Waals surface area contributed by atoms with Crippen LogP contribution < -0.4 is 0 Å². The Morgan fingerprint density at radius 2 is 1.96 bits per heavy atom. The number of fused-ring (bicyclic) bond motifs is 1. The van der Waals surface area contributed by atoms with Crippen LogP contribution in [0.5, 0.6) is 0 Å². The number of carbonyl (C=O) groups is 1. The van der Waals surface area contributed by atoms with Gasteiger partial charge in [0.1, 0.15) is 11.5 Å². The van der Waals surface area contributed by atoms with Gasteiger partial charge >= 0.3 is 0 Å². The highest BCUT2D eigenvalue weighted by atomic mass is 16.2. The predicted octanol–water partition coefficient (Wildman–Crippen LogP) is 2.76. The van der Waals surface area contributed by atoms with Gasteiger partial charge in [0.05, 0.1) is 5.56 Å². The number of aryl methyl sites for hydroxylation is 1. The van der Waals surface area contributed by atoms with Gasteiger partial charge in [-0.1, -0.05) is 0 Å². The second-order valence-electron chi connectivity index (χ2n) is 6.72. The van der Waals surface area contributed by atoms with Crippen LogP contribution in [0.25, 0.3) is 11.0 Å². The number of piperidine rings is 1. The molecule has 1 N–H and O–H groups in total. The van der Waals surface area contributed by atoms with Crippen molar-refractivity contribution in [2.24, 2.45) is 5.92 Å². The van der Waals surface area contributed by atoms with E-state index in [-0.39, 0.29) is 5.91 Å². The third kappa shape index (κ3) is 3.38. The summed E-state index contributed by atoms with van der Waals surface area (Å²) in [6.45, 7) is 3.40. The fourth-order valence-corrected chi connectivity index (χ4v) is 3.46. The lowest BCUT2D eigenvalue weighted by atomic mass is 9.90. The summed E-state index contributed by atoms with van der Waals surface area (Å²) >= 11 is 0. The van der Waals surface area contributed by atoms with E-state index in [1.807, 2.05) is 24.2 Å². The molecule has 6 heteroatoms. The average Bonchev–Trinajstić information content (AvgIpc) is 3.10. The van der Waals surface area contributed by atoms with Crippen LogP contribution in [0.2, 0.25) is 0 Å². The lowest BCUT2D eigenvalue weighted by molar-refractivity contribution is 0.0689. The van der Waals surface area contributed by atoms with Crippen LogP contribution in [0.4, 0.5) is 0 Å². The van der Waals surface area contributed by atoms with Gasteiger partial charge in [-0.2, -0.15) is 0 Å². The number of aromatic nitrogens is 4. The topological polar surface area (TPSA) is 74.8 Å². The highest BCUT2D eigenvalue weighted by Gasteiger charge is 2.24. The van der Waals surface area contributed by atoms with E-state index in [1.54, 1.807) is 12.4 Å². The number of H-pyrrole nitrogens is 1. The third-order valence-electron chi connectivity index (χ3n) is 4.91. The van der Waals surface area contributed by atoms with Gasteiger partial charge in [0.2, 0.25) is 0 Å². The van der Waals surface area contributed by atoms with Crippen molar-refractivity contribution < 1.29 is 4.79 Å². The van der Waals surface area contributed by atoms with E-state index < -0.39 is 0 Å². The Labute approximate surface area is 146 Å². The highest BCUT2D eigenvalue weighted by Crippen LogP contribution is 2.23. The first-order valence-electron chi connectivity index (χ1n) is 8.69. The van der Waals surface area contributed by atoms with E-state index in [9.17, 15) is 4.79 Å². The molecule has 0 saturated carbocycles. The summed E-state index contributed by atoms with van der Waals surface area (Å²) in [5.74, 6) is 1.31. The zero-order valence-corrected chi connectivity index (χ0v) is 14.3. The molecule has 25 heavy (non-hydrogen) atoms. The summed E-state index contributed by atoms with van der Waals surface area (Å²) in [5.41, 5.74) is 2.78. The van der Waals surface area contributed by atoms with E-state index in [0.29, 0.717) is 17.3 Å². The maximum Gasteiger partial charge on any atom is 0.256 e. The summed E-state index contributed by atoms with van der Waals surface area (Å²) < 4.78 is 0. The fraction of sp³-hybridized carbons (Fsp3) is 0.368. The number of amides is 1. The smallest absolute Gasteiger partial charge is 0.256 e. The van der Waals surface area contributed by atoms with Crippen molar-refractivity contribution in [3.05, 3.63) is 53.9 Å². The Morgan fingerprint density at radius 1 is 1.20 bits per heavy atom. The molecule has 0 atom stereocenters. The molecule has 0 unspecified atom stereocenters. The molecular formula is C19H21N5O. The van der Waals surface area contributed by atoms with Gasteiger partial charge in [0.15, 0.2) is 0 Å². The minimum atomic E-state index is 0.0360. The number of nitrogens with one attached hydrogen (secondary N) is 1. The largest absolute Gasteiger partial charge is 0.346 e. The van der Waals surface area contributed by atoms with Crippen molar-refractivity contribution in [1.29, 1.82) is 0 Å². The molecule has 1 aliphatic heterocycles. The van der Waals surface area contributed by atoms with Gasteiger partial charge < -0.3 is 9.88 Å². The van der Waals surface area contributed by atoms with Crippen LogP contribution >= 0.6 is 0 Å². The molecule has 4 heterocycles. The molecule has 0 spiro atoms. The molecule has 128 valence electrons. The molecular weight excluding hydrogens is 314 g/mol. The predicted molar refractivity (Wildman–Crippen MR) is 95.2 cm³/mol. The van der Waals surface area contributed by atoms with Crippen molar-refractivity contribution in [2.45, 2.75) is 26.2 Å². The average molecular weight is 335 g/mol. The molecule has 0 aliphatic carbocycles. The Hall–Kier alpha value is -2.76. The molecule has 3 aromatic heterocycles. The quantitative estimate of drug-likeness (QED) is 0.798. The minimum absolute atomic E-state index is 0.0360. The Bertz CT molecular complexity index is 878. The fourth-order valence-electron chi connectivity index (χ4n) is 3.46. The van der Waals surface area contributed by atoms with Crippen molar-refractivity contribution in [3.63, 3.8) is 0 Å². The van der Waals surface area contributed by atoms with Crippen LogP contribution in [0, 0.1) is 12.8 Å². The summed E-state index contributed by atoms with van der Waals surface area (Å²) in [5, 5.41) is 1.16. The van der Waals surface area contributed by atoms with E-state index in [1.165, 1.54) is 5.56 Å². The van der Waals surface area contributed by atoms with Gasteiger partial charge in [-0.15, -0.1) is 0 Å². The van der Waals surface area contributed by atoms with E-state index in [2.05, 4.69) is 32.1 Å². The molecule has 3 aromatic rings. The van der Waals surface area contributed by atoms with Gasteiger partial charge in [-0.05, 0) is 49.8 Å². The molecule has 0 bridgehead atoms. The summed E-state index contributed by atoms with van der Waals surface area (Å²) in [6.07, 6.45) is 10.2. The molecule has 1 saturated heterocycles. The van der Waals surface area contributed by atoms with Crippen LogP contribution in [0.15, 0.2) is 36.9 Å². The maximum absolute atomic E-state index is 12.5. The second-order valence-corrected chi connectivity index (χ2v) is 6.72. The number of hydrogen-bond acceptors (Lipinski definition) is 4. The third-order valence-corrected chi connectivity index (χ3v) is 4.91. The molecule has 1 fully saturated rings. The minimum Gasteiger partial charge on any atom is -0.346 e. The van der Waals surface area contributed by atoms with E-state index >= 15 is 0 Å². The number of likely N-dealkylation sites (tertiary alicyclic amines) is 1. The second kappa shape index (κ2) is 6.63. The number of aromatic amines is 1. The number of carbonyl (C=O) groups excluding carboxylic acids is 1. The van der Waals surface area contributed by atoms with Gasteiger partial charge in [0.25, 0.3) is 5.91 Å². The summed E-state index contributed by atoms with van der Waals surface area (Å²) in [7, 11) is 0. The molecule has 4 rings (SSSR count). The van der Waals surface area contributed by atoms with Crippen molar-refractivity contribution in [2.75, 3.05) is 13.1 Å². The number of rotatable bonds is 3. The van der Waals surface area contributed by atoms with Gasteiger partial charge in [-0.3, -0.25) is 4.79 Å². The van der Waals surface area contributed by atoms with Crippen molar-refractivity contribution >= 4 is 16.9 Å². The zero-order valence-electron chi connectivity index (χ0n) is 14.3. The first-order valence-corrected chi connectivity index (χ1v) is 8.69. The summed E-state index contributed by atoms with van der Waals surface area (Å²) in [4.78, 5) is 30.3. The maximum atomic E-state index is 12.5. The Balaban J connectivity index is 1.36. The first-order chi connectivity index (χ1) is 12.2. The lowest BCUT2D eigenvalue weighted by Gasteiger charge is -2.32. The first kappa shape index (κ1) is 15.7. The van der Waals surface area contributed by atoms with Crippen molar-refractivity contribution in [1.82, 2.24) is 24.8 Å². The monoisotopic (exact) mass is 335 g/mol. The standard InChI is InChI=1S/C19H21N5O/c1-13-21-11-17(12-22-13)19(25)24-6-3-14(4-7-24)8-15-9-16-2-5-20-18(16)23-10-15/h2,5,9-12,14H,3-4,6-8H2,1H3,(H,20,23). The highest BCUT2D eigenvalue weighted by molar-refractivity contribution is 5.93. The van der Waals surface area contributed by atoms with Crippen LogP contribution in [-0.4, -0.2) is 43.8 Å². The van der Waals surface area contributed by atoms with E-state index in [4.69, 9.17) is 0 Å². The summed E-state index contributed by atoms with van der Waals surface area (Å²) in [6, 6.07) is 4.26. The molecule has 0 radical (unpaired) electrons. The lowest BCUT2D eigenvalue weighted by Crippen LogP contribution is -2.39. The normalized spacial score (nSPS) is 15.6. The Kier molecular flexibility index (Phi) is 4.17. The molecule has 6 nitrogen and oxygen atoms in total. The molecule has 1 amide bonds. The van der Waals surface area contributed by atoms with Crippen LogP contribution in [-0.2, 0) is 6.42 Å². The van der Waals surface area contributed by atoms with Gasteiger partial charge in [0, 0.05) is 43.3 Å². The molecule has 1 aliphatic rings. The number of pyridine rings is 1. The number of nitrogens with zero attached hydrogens (tertiary/aromatic N) is 4. The molecule has 0 aromatic carbocycles. The van der Waals surface area contributed by atoms with E-state index in [0.717, 1.165) is 43.4 Å². The van der Waals surface area contributed by atoms with Crippen LogP contribution in [0.1, 0.15) is 34.6 Å². The Morgan fingerprint density at radius 3 is 2.72 bits per heavy atom.